The van der Waals surface area contributed by atoms with Crippen LogP contribution in [0.3, 0.4) is 0 Å². The highest BCUT2D eigenvalue weighted by Gasteiger charge is 2.21. The zero-order valence-electron chi connectivity index (χ0n) is 13.1. The molecule has 2 N–H and O–H groups in total. The summed E-state index contributed by atoms with van der Waals surface area (Å²) in [5.41, 5.74) is 4.84. The summed E-state index contributed by atoms with van der Waals surface area (Å²) in [6.07, 6.45) is 0.518. The molecule has 2 rings (SSSR count). The Morgan fingerprint density at radius 1 is 1.35 bits per heavy atom. The van der Waals surface area contributed by atoms with Gasteiger partial charge in [0, 0.05) is 24.9 Å². The van der Waals surface area contributed by atoms with E-state index in [-0.39, 0.29) is 30.8 Å². The van der Waals surface area contributed by atoms with Crippen LogP contribution in [0.5, 0.6) is 0 Å². The number of benzene rings is 1. The van der Waals surface area contributed by atoms with Crippen molar-refractivity contribution in [3.05, 3.63) is 29.8 Å². The lowest BCUT2D eigenvalue weighted by molar-refractivity contribution is -0.141. The van der Waals surface area contributed by atoms with Gasteiger partial charge in [0.1, 0.15) is 6.61 Å². The highest BCUT2D eigenvalue weighted by Crippen LogP contribution is 2.18. The Morgan fingerprint density at radius 3 is 2.65 bits per heavy atom. The van der Waals surface area contributed by atoms with E-state index in [0.717, 1.165) is 11.3 Å². The normalized spacial score (nSPS) is 17.0. The van der Waals surface area contributed by atoms with Crippen LogP contribution in [0, 0.1) is 5.92 Å². The smallest absolute Gasteiger partial charge is 0.302 e. The van der Waals surface area contributed by atoms with E-state index in [2.05, 4.69) is 15.8 Å². The fraction of sp³-hybridized carbons (Fsp3) is 0.375. The minimum Gasteiger partial charge on any atom is -0.465 e. The molecule has 0 spiro atoms. The van der Waals surface area contributed by atoms with Gasteiger partial charge in [0.25, 0.3) is 0 Å². The molecule has 0 radical (unpaired) electrons. The van der Waals surface area contributed by atoms with E-state index in [1.807, 2.05) is 19.1 Å². The van der Waals surface area contributed by atoms with Gasteiger partial charge in [-0.25, -0.2) is 5.43 Å². The minimum atomic E-state index is -0.406. The molecule has 1 heterocycles. The number of nitrogens with one attached hydrogen (secondary N) is 2. The topological polar surface area (TPSA) is 96.9 Å². The van der Waals surface area contributed by atoms with Gasteiger partial charge in [0.05, 0.1) is 12.1 Å². The highest BCUT2D eigenvalue weighted by atomic mass is 16.5. The van der Waals surface area contributed by atoms with Crippen molar-refractivity contribution in [3.63, 3.8) is 0 Å². The largest absolute Gasteiger partial charge is 0.465 e. The van der Waals surface area contributed by atoms with Crippen molar-refractivity contribution in [3.8, 4) is 0 Å². The van der Waals surface area contributed by atoms with Gasteiger partial charge in [-0.15, -0.1) is 0 Å². The lowest BCUT2D eigenvalue weighted by atomic mass is 9.94. The van der Waals surface area contributed by atoms with Gasteiger partial charge in [-0.05, 0) is 17.7 Å². The number of ether oxygens (including phenoxy) is 1. The summed E-state index contributed by atoms with van der Waals surface area (Å²) in [6, 6.07) is 7.22. The Kier molecular flexibility index (Phi) is 5.46. The number of rotatable bonds is 5. The van der Waals surface area contributed by atoms with Crippen molar-refractivity contribution in [2.45, 2.75) is 26.7 Å². The number of hydrogen-bond acceptors (Lipinski definition) is 5. The van der Waals surface area contributed by atoms with Crippen LogP contribution in [0.15, 0.2) is 29.4 Å². The van der Waals surface area contributed by atoms with Crippen LogP contribution in [-0.4, -0.2) is 30.1 Å². The summed E-state index contributed by atoms with van der Waals surface area (Å²) in [5.74, 6) is -0.669. The SMILES string of the molecule is CC(=O)OCCC(=O)Nc1ccc(C2=NNC(=O)CC2C)cc1. The van der Waals surface area contributed by atoms with Crippen molar-refractivity contribution < 1.29 is 19.1 Å². The number of hydrogen-bond donors (Lipinski definition) is 2. The maximum atomic E-state index is 11.7. The predicted molar refractivity (Wildman–Crippen MR) is 84.8 cm³/mol. The fourth-order valence-corrected chi connectivity index (χ4v) is 2.24. The number of anilines is 1. The van der Waals surface area contributed by atoms with E-state index >= 15 is 0 Å². The molecule has 7 heteroatoms. The second kappa shape index (κ2) is 7.53. The quantitative estimate of drug-likeness (QED) is 0.803. The first kappa shape index (κ1) is 16.7. The van der Waals surface area contributed by atoms with Crippen LogP contribution in [0.1, 0.15) is 32.3 Å². The maximum Gasteiger partial charge on any atom is 0.302 e. The van der Waals surface area contributed by atoms with Crippen molar-refractivity contribution in [2.75, 3.05) is 11.9 Å². The van der Waals surface area contributed by atoms with Crippen LogP contribution in [0.25, 0.3) is 0 Å². The van der Waals surface area contributed by atoms with Gasteiger partial charge in [0.15, 0.2) is 0 Å². The first-order chi connectivity index (χ1) is 11.0. The fourth-order valence-electron chi connectivity index (χ4n) is 2.24. The standard InChI is InChI=1S/C16H19N3O4/c1-10-9-15(22)18-19-16(10)12-3-5-13(6-4-12)17-14(21)7-8-23-11(2)20/h3-6,10H,7-9H2,1-2H3,(H,17,21)(H,18,22). The van der Waals surface area contributed by atoms with Gasteiger partial charge in [-0.2, -0.15) is 5.10 Å². The molecule has 0 saturated carbocycles. The van der Waals surface area contributed by atoms with Crippen LogP contribution in [-0.2, 0) is 19.1 Å². The summed E-state index contributed by atoms with van der Waals surface area (Å²) in [7, 11) is 0. The Balaban J connectivity index is 1.93. The molecule has 0 bridgehead atoms. The predicted octanol–water partition coefficient (Wildman–Crippen LogP) is 1.44. The van der Waals surface area contributed by atoms with Crippen molar-refractivity contribution in [1.82, 2.24) is 5.43 Å². The van der Waals surface area contributed by atoms with Crippen LogP contribution in [0.2, 0.25) is 0 Å². The molecule has 0 fully saturated rings. The third-order valence-electron chi connectivity index (χ3n) is 3.36. The van der Waals surface area contributed by atoms with Crippen LogP contribution in [0.4, 0.5) is 5.69 Å². The van der Waals surface area contributed by atoms with E-state index in [9.17, 15) is 14.4 Å². The molecule has 1 atom stereocenters. The monoisotopic (exact) mass is 317 g/mol. The van der Waals surface area contributed by atoms with Gasteiger partial charge in [-0.3, -0.25) is 14.4 Å². The molecule has 0 aromatic heterocycles. The molecule has 1 unspecified atom stereocenters. The van der Waals surface area contributed by atoms with Crippen LogP contribution < -0.4 is 10.7 Å². The van der Waals surface area contributed by atoms with Gasteiger partial charge < -0.3 is 10.1 Å². The summed E-state index contributed by atoms with van der Waals surface area (Å²) < 4.78 is 4.72. The van der Waals surface area contributed by atoms with Crippen molar-refractivity contribution in [1.29, 1.82) is 0 Å². The number of carbonyl (C=O) groups excluding carboxylic acids is 3. The first-order valence-corrected chi connectivity index (χ1v) is 7.36. The summed E-state index contributed by atoms with van der Waals surface area (Å²) in [5, 5.41) is 6.81. The lowest BCUT2D eigenvalue weighted by Crippen LogP contribution is -2.31. The van der Waals surface area contributed by atoms with E-state index in [4.69, 9.17) is 4.74 Å². The third kappa shape index (κ3) is 4.91. The highest BCUT2D eigenvalue weighted by molar-refractivity contribution is 6.06. The molecule has 1 aromatic carbocycles. The van der Waals surface area contributed by atoms with E-state index in [0.29, 0.717) is 12.1 Å². The summed E-state index contributed by atoms with van der Waals surface area (Å²) in [6.45, 7) is 3.31. The Hall–Kier alpha value is -2.70. The van der Waals surface area contributed by atoms with Crippen molar-refractivity contribution >= 4 is 29.2 Å². The molecule has 7 nitrogen and oxygen atoms in total. The molecule has 23 heavy (non-hydrogen) atoms. The zero-order chi connectivity index (χ0) is 16.8. The molecule has 1 aliphatic heterocycles. The number of carbonyl (C=O) groups is 3. The van der Waals surface area contributed by atoms with Gasteiger partial charge in [0.2, 0.25) is 11.8 Å². The van der Waals surface area contributed by atoms with E-state index in [1.165, 1.54) is 6.92 Å². The second-order valence-electron chi connectivity index (χ2n) is 5.35. The van der Waals surface area contributed by atoms with Crippen LogP contribution >= 0.6 is 0 Å². The Bertz CT molecular complexity index is 637. The zero-order valence-corrected chi connectivity index (χ0v) is 13.1. The van der Waals surface area contributed by atoms with Gasteiger partial charge in [-0.1, -0.05) is 19.1 Å². The number of esters is 1. The average Bonchev–Trinajstić information content (AvgIpc) is 2.48. The number of nitrogens with zero attached hydrogens (tertiary/aromatic N) is 1. The summed E-state index contributed by atoms with van der Waals surface area (Å²) >= 11 is 0. The van der Waals surface area contributed by atoms with E-state index < -0.39 is 5.97 Å². The van der Waals surface area contributed by atoms with Crippen molar-refractivity contribution in [2.24, 2.45) is 11.0 Å². The van der Waals surface area contributed by atoms with Gasteiger partial charge >= 0.3 is 5.97 Å². The Labute approximate surface area is 134 Å². The maximum absolute atomic E-state index is 11.7. The third-order valence-corrected chi connectivity index (χ3v) is 3.36. The molecular formula is C16H19N3O4. The Morgan fingerprint density at radius 2 is 2.04 bits per heavy atom. The minimum absolute atomic E-state index is 0.0490. The van der Waals surface area contributed by atoms with E-state index in [1.54, 1.807) is 12.1 Å². The number of hydrazone groups is 1. The molecule has 0 aliphatic carbocycles. The summed E-state index contributed by atoms with van der Waals surface area (Å²) in [4.78, 5) is 33.6. The molecular weight excluding hydrogens is 298 g/mol. The molecule has 1 aromatic rings. The molecule has 2 amide bonds. The average molecular weight is 317 g/mol. The first-order valence-electron chi connectivity index (χ1n) is 7.36. The number of amides is 2. The second-order valence-corrected chi connectivity index (χ2v) is 5.35. The lowest BCUT2D eigenvalue weighted by Gasteiger charge is -2.19. The molecule has 1 aliphatic rings. The molecule has 122 valence electrons. The molecule has 0 saturated heterocycles.